The normalized spacial score (nSPS) is 33.6. The number of aromatic nitrogens is 2. The lowest BCUT2D eigenvalue weighted by Gasteiger charge is -2.53. The summed E-state index contributed by atoms with van der Waals surface area (Å²) in [4.78, 5) is 25.7. The van der Waals surface area contributed by atoms with Gasteiger partial charge in [-0.25, -0.2) is 4.98 Å². The second-order valence-corrected chi connectivity index (χ2v) is 11.3. The fourth-order valence-corrected chi connectivity index (χ4v) is 7.92. The molecule has 1 saturated heterocycles. The Labute approximate surface area is 188 Å². The summed E-state index contributed by atoms with van der Waals surface area (Å²) >= 11 is 1.78. The molecule has 6 heteroatoms. The van der Waals surface area contributed by atoms with Crippen LogP contribution in [0.4, 0.5) is 0 Å². The lowest BCUT2D eigenvalue weighted by molar-refractivity contribution is -0.143. The van der Waals surface area contributed by atoms with Gasteiger partial charge < -0.3 is 10.0 Å². The molecule has 2 aromatic rings. The van der Waals surface area contributed by atoms with Crippen LogP contribution in [0.5, 0.6) is 0 Å². The van der Waals surface area contributed by atoms with E-state index in [1.807, 2.05) is 24.1 Å². The molecule has 1 amide bonds. The molecule has 2 fully saturated rings. The summed E-state index contributed by atoms with van der Waals surface area (Å²) < 4.78 is 0. The number of nitrogens with zero attached hydrogens (tertiary/aromatic N) is 3. The molecule has 5 nitrogen and oxygen atoms in total. The fraction of sp³-hybridized carbons (Fsp3) is 0.640. The number of pyridine rings is 1. The molecular weight excluding hydrogens is 406 g/mol. The van der Waals surface area contributed by atoms with E-state index in [9.17, 15) is 9.90 Å². The first-order chi connectivity index (χ1) is 14.9. The van der Waals surface area contributed by atoms with Gasteiger partial charge in [-0.3, -0.25) is 9.78 Å². The Kier molecular flexibility index (Phi) is 5.41. The van der Waals surface area contributed by atoms with E-state index in [1.165, 1.54) is 4.88 Å². The van der Waals surface area contributed by atoms with Crippen molar-refractivity contribution in [2.75, 3.05) is 13.1 Å². The van der Waals surface area contributed by atoms with Crippen molar-refractivity contribution in [3.05, 3.63) is 35.1 Å². The van der Waals surface area contributed by atoms with E-state index in [0.717, 1.165) is 61.5 Å². The van der Waals surface area contributed by atoms with E-state index in [0.29, 0.717) is 0 Å². The minimum Gasteiger partial charge on any atom is -0.392 e. The van der Waals surface area contributed by atoms with Crippen LogP contribution in [-0.4, -0.2) is 45.1 Å². The quantitative estimate of drug-likeness (QED) is 0.764. The molecule has 3 aliphatic rings. The second kappa shape index (κ2) is 7.96. The first-order valence-electron chi connectivity index (χ1n) is 11.8. The van der Waals surface area contributed by atoms with Crippen molar-refractivity contribution >= 4 is 17.2 Å². The molecule has 1 N–H and O–H groups in total. The number of amides is 1. The van der Waals surface area contributed by atoms with Crippen LogP contribution in [0.3, 0.4) is 0 Å². The molecule has 31 heavy (non-hydrogen) atoms. The zero-order chi connectivity index (χ0) is 21.8. The van der Waals surface area contributed by atoms with Gasteiger partial charge in [0.15, 0.2) is 0 Å². The Hall–Kier alpha value is -1.79. The first kappa shape index (κ1) is 21.1. The molecule has 166 valence electrons. The third kappa shape index (κ3) is 3.52. The zero-order valence-electron chi connectivity index (χ0n) is 18.8. The van der Waals surface area contributed by atoms with E-state index in [4.69, 9.17) is 4.98 Å². The molecular formula is C25H33N3O2S. The molecule has 6 atom stereocenters. The number of aliphatic hydroxyl groups is 1. The highest BCUT2D eigenvalue weighted by Gasteiger charge is 2.54. The third-order valence-corrected chi connectivity index (χ3v) is 9.40. The maximum absolute atomic E-state index is 13.1. The molecule has 1 saturated carbocycles. The van der Waals surface area contributed by atoms with Crippen LogP contribution in [-0.2, 0) is 11.2 Å². The topological polar surface area (TPSA) is 66.3 Å². The van der Waals surface area contributed by atoms with Crippen LogP contribution in [0.2, 0.25) is 0 Å². The number of likely N-dealkylation sites (tertiary alicyclic amines) is 1. The molecule has 2 aliphatic carbocycles. The predicted octanol–water partition coefficient (Wildman–Crippen LogP) is 4.52. The summed E-state index contributed by atoms with van der Waals surface area (Å²) in [5.41, 5.74) is 2.26. The van der Waals surface area contributed by atoms with Crippen molar-refractivity contribution < 1.29 is 9.90 Å². The summed E-state index contributed by atoms with van der Waals surface area (Å²) in [6, 6.07) is 4.01. The molecule has 3 heterocycles. The van der Waals surface area contributed by atoms with Gasteiger partial charge in [-0.05, 0) is 61.5 Å². The minimum absolute atomic E-state index is 0.0339. The van der Waals surface area contributed by atoms with Gasteiger partial charge in [-0.15, -0.1) is 11.3 Å². The third-order valence-electron chi connectivity index (χ3n) is 8.28. The van der Waals surface area contributed by atoms with Crippen LogP contribution < -0.4 is 0 Å². The Balaban J connectivity index is 1.42. The van der Waals surface area contributed by atoms with Gasteiger partial charge in [0.05, 0.1) is 11.8 Å². The molecule has 0 aromatic carbocycles. The van der Waals surface area contributed by atoms with Crippen LogP contribution in [0, 0.1) is 23.2 Å². The second-order valence-electron chi connectivity index (χ2n) is 10.2. The highest BCUT2D eigenvalue weighted by Crippen LogP contribution is 2.57. The number of fused-ring (bicyclic) bond motifs is 2. The average Bonchev–Trinajstić information content (AvgIpc) is 3.43. The maximum Gasteiger partial charge on any atom is 0.225 e. The van der Waals surface area contributed by atoms with E-state index >= 15 is 0 Å². The number of carbonyl (C=O) groups excluding carboxylic acids is 1. The monoisotopic (exact) mass is 439 g/mol. The number of aliphatic hydroxyl groups excluding tert-OH is 1. The lowest BCUT2D eigenvalue weighted by atomic mass is 9.53. The van der Waals surface area contributed by atoms with Gasteiger partial charge >= 0.3 is 0 Å². The molecule has 5 rings (SSSR count). The standard InChI is InChI=1S/C25H33N3O2S/c1-15(24(30)28-11-4-5-12-28)18-8-9-25(3)13-19-21(16(2)20(25)22(18)29)27-23(31-19)17-7-6-10-26-14-17/h6-7,10,14-16,18,20,22,29H,4-5,8-9,11-13H2,1-3H3/t15-,16-,18?,20+,22-,25-/m0/s1. The van der Waals surface area contributed by atoms with E-state index in [1.54, 1.807) is 17.5 Å². The van der Waals surface area contributed by atoms with Crippen LogP contribution in [0.1, 0.15) is 62.9 Å². The molecule has 0 spiro atoms. The Bertz CT molecular complexity index is 955. The van der Waals surface area contributed by atoms with Gasteiger partial charge in [-0.1, -0.05) is 20.8 Å². The number of carbonyl (C=O) groups is 1. The number of hydrogen-bond acceptors (Lipinski definition) is 5. The summed E-state index contributed by atoms with van der Waals surface area (Å²) in [5, 5.41) is 12.6. The molecule has 1 aliphatic heterocycles. The zero-order valence-corrected chi connectivity index (χ0v) is 19.6. The summed E-state index contributed by atoms with van der Waals surface area (Å²) in [6.07, 6.45) is 8.35. The lowest BCUT2D eigenvalue weighted by Crippen LogP contribution is -2.53. The highest BCUT2D eigenvalue weighted by atomic mass is 32.1. The number of rotatable bonds is 3. The van der Waals surface area contributed by atoms with Gasteiger partial charge in [0.2, 0.25) is 5.91 Å². The number of thiazole rings is 1. The Morgan fingerprint density at radius 3 is 2.84 bits per heavy atom. The van der Waals surface area contributed by atoms with Crippen molar-refractivity contribution in [2.24, 2.45) is 23.2 Å². The van der Waals surface area contributed by atoms with Crippen molar-refractivity contribution in [1.82, 2.24) is 14.9 Å². The van der Waals surface area contributed by atoms with Crippen molar-refractivity contribution in [1.29, 1.82) is 0 Å². The minimum atomic E-state index is -0.466. The average molecular weight is 440 g/mol. The van der Waals surface area contributed by atoms with E-state index in [-0.39, 0.29) is 35.0 Å². The summed E-state index contributed by atoms with van der Waals surface area (Å²) in [5.74, 6) is 0.472. The van der Waals surface area contributed by atoms with Crippen LogP contribution in [0.25, 0.3) is 10.6 Å². The SMILES string of the molecule is C[C@H](C(=O)N1CCCC1)C1CC[C@@]2(C)Cc3sc(-c4cccnc4)nc3[C@@H](C)[C@@H]2[C@H]1O. The van der Waals surface area contributed by atoms with Crippen LogP contribution >= 0.6 is 11.3 Å². The predicted molar refractivity (Wildman–Crippen MR) is 123 cm³/mol. The van der Waals surface area contributed by atoms with E-state index in [2.05, 4.69) is 24.9 Å². The van der Waals surface area contributed by atoms with Crippen molar-refractivity contribution in [2.45, 2.75) is 64.9 Å². The van der Waals surface area contributed by atoms with Gasteiger partial charge in [0.25, 0.3) is 0 Å². The summed E-state index contributed by atoms with van der Waals surface area (Å²) in [7, 11) is 0. The van der Waals surface area contributed by atoms with E-state index < -0.39 is 6.10 Å². The first-order valence-corrected chi connectivity index (χ1v) is 12.6. The molecule has 0 radical (unpaired) electrons. The van der Waals surface area contributed by atoms with Crippen molar-refractivity contribution in [3.8, 4) is 10.6 Å². The van der Waals surface area contributed by atoms with Crippen molar-refractivity contribution in [3.63, 3.8) is 0 Å². The Morgan fingerprint density at radius 1 is 1.35 bits per heavy atom. The van der Waals surface area contributed by atoms with Gasteiger partial charge in [-0.2, -0.15) is 0 Å². The highest BCUT2D eigenvalue weighted by molar-refractivity contribution is 7.15. The fourth-order valence-electron chi connectivity index (χ4n) is 6.57. The van der Waals surface area contributed by atoms with Gasteiger partial charge in [0.1, 0.15) is 5.01 Å². The molecule has 0 bridgehead atoms. The van der Waals surface area contributed by atoms with Crippen LogP contribution in [0.15, 0.2) is 24.5 Å². The number of hydrogen-bond donors (Lipinski definition) is 1. The molecule has 1 unspecified atom stereocenters. The smallest absolute Gasteiger partial charge is 0.225 e. The maximum atomic E-state index is 13.1. The van der Waals surface area contributed by atoms with Gasteiger partial charge in [0, 0.05) is 47.8 Å². The summed E-state index contributed by atoms with van der Waals surface area (Å²) in [6.45, 7) is 8.37. The molecule has 2 aromatic heterocycles. The largest absolute Gasteiger partial charge is 0.392 e. The Morgan fingerprint density at radius 2 is 2.13 bits per heavy atom.